The van der Waals surface area contributed by atoms with Crippen LogP contribution in [0.15, 0.2) is 54.6 Å². The van der Waals surface area contributed by atoms with Crippen molar-refractivity contribution in [3.8, 4) is 5.75 Å². The predicted molar refractivity (Wildman–Crippen MR) is 107 cm³/mol. The van der Waals surface area contributed by atoms with Gasteiger partial charge in [-0.3, -0.25) is 4.90 Å². The van der Waals surface area contributed by atoms with E-state index < -0.39 is 0 Å². The van der Waals surface area contributed by atoms with Crippen molar-refractivity contribution in [2.75, 3.05) is 38.6 Å². The van der Waals surface area contributed by atoms with E-state index in [9.17, 15) is 4.79 Å². The molecule has 2 aliphatic rings. The first-order valence-corrected chi connectivity index (χ1v) is 9.72. The van der Waals surface area contributed by atoms with Crippen molar-refractivity contribution >= 4 is 11.7 Å². The van der Waals surface area contributed by atoms with Gasteiger partial charge < -0.3 is 15.0 Å². The lowest BCUT2D eigenvalue weighted by atomic mass is 9.88. The van der Waals surface area contributed by atoms with Gasteiger partial charge in [-0.15, -0.1) is 0 Å². The fourth-order valence-corrected chi connectivity index (χ4v) is 4.05. The summed E-state index contributed by atoms with van der Waals surface area (Å²) in [7, 11) is 1.64. The SMILES string of the molecule is COc1ccc(NC(=O)N2CC(N3CCC(c4ccccc4)CC3)C2)cc1. The van der Waals surface area contributed by atoms with Gasteiger partial charge in [0.2, 0.25) is 0 Å². The van der Waals surface area contributed by atoms with E-state index in [0.29, 0.717) is 12.0 Å². The molecule has 0 spiro atoms. The molecule has 0 saturated carbocycles. The van der Waals surface area contributed by atoms with Crippen molar-refractivity contribution in [3.05, 3.63) is 60.2 Å². The van der Waals surface area contributed by atoms with Crippen LogP contribution in [0, 0.1) is 0 Å². The van der Waals surface area contributed by atoms with E-state index in [-0.39, 0.29) is 6.03 Å². The third-order valence-corrected chi connectivity index (χ3v) is 5.81. The molecule has 2 aliphatic heterocycles. The molecule has 0 atom stereocenters. The number of methoxy groups -OCH3 is 1. The lowest BCUT2D eigenvalue weighted by Crippen LogP contribution is -2.62. The molecule has 2 fully saturated rings. The summed E-state index contributed by atoms with van der Waals surface area (Å²) in [6, 6.07) is 18.8. The lowest BCUT2D eigenvalue weighted by molar-refractivity contribution is 0.0454. The second kappa shape index (κ2) is 8.01. The van der Waals surface area contributed by atoms with E-state index >= 15 is 0 Å². The molecule has 4 rings (SSSR count). The molecular formula is C22H27N3O2. The summed E-state index contributed by atoms with van der Waals surface area (Å²) in [4.78, 5) is 16.8. The number of piperidine rings is 1. The zero-order valence-electron chi connectivity index (χ0n) is 15.8. The van der Waals surface area contributed by atoms with Crippen LogP contribution < -0.4 is 10.1 Å². The Morgan fingerprint density at radius 1 is 1.00 bits per heavy atom. The van der Waals surface area contributed by atoms with Gasteiger partial charge in [-0.2, -0.15) is 0 Å². The van der Waals surface area contributed by atoms with E-state index in [1.54, 1.807) is 7.11 Å². The Hall–Kier alpha value is -2.53. The summed E-state index contributed by atoms with van der Waals surface area (Å²) >= 11 is 0. The largest absolute Gasteiger partial charge is 0.497 e. The number of nitrogens with zero attached hydrogens (tertiary/aromatic N) is 2. The van der Waals surface area contributed by atoms with Crippen LogP contribution in [0.5, 0.6) is 5.75 Å². The molecule has 1 N–H and O–H groups in total. The summed E-state index contributed by atoms with van der Waals surface area (Å²) in [6.07, 6.45) is 2.41. The third kappa shape index (κ3) is 4.08. The number of likely N-dealkylation sites (tertiary alicyclic amines) is 2. The van der Waals surface area contributed by atoms with Crippen LogP contribution in [0.2, 0.25) is 0 Å². The lowest BCUT2D eigenvalue weighted by Gasteiger charge is -2.47. The van der Waals surface area contributed by atoms with Gasteiger partial charge in [0, 0.05) is 24.8 Å². The number of amides is 2. The van der Waals surface area contributed by atoms with Crippen molar-refractivity contribution in [2.45, 2.75) is 24.8 Å². The van der Waals surface area contributed by atoms with Gasteiger partial charge in [0.15, 0.2) is 0 Å². The van der Waals surface area contributed by atoms with Crippen molar-refractivity contribution in [1.82, 2.24) is 9.80 Å². The molecule has 5 nitrogen and oxygen atoms in total. The van der Waals surface area contributed by atoms with Gasteiger partial charge in [0.05, 0.1) is 7.11 Å². The maximum Gasteiger partial charge on any atom is 0.321 e. The normalized spacial score (nSPS) is 18.8. The average molecular weight is 365 g/mol. The first kappa shape index (κ1) is 17.9. The molecule has 2 saturated heterocycles. The minimum Gasteiger partial charge on any atom is -0.497 e. The van der Waals surface area contributed by atoms with Crippen LogP contribution in [-0.4, -0.2) is 55.2 Å². The second-order valence-electron chi connectivity index (χ2n) is 7.44. The number of carbonyl (C=O) groups excluding carboxylic acids is 1. The Morgan fingerprint density at radius 2 is 1.67 bits per heavy atom. The number of urea groups is 1. The van der Waals surface area contributed by atoms with Crippen LogP contribution >= 0.6 is 0 Å². The average Bonchev–Trinajstić information content (AvgIpc) is 2.69. The molecule has 142 valence electrons. The molecule has 0 aliphatic carbocycles. The fraction of sp³-hybridized carbons (Fsp3) is 0.409. The number of rotatable bonds is 4. The minimum absolute atomic E-state index is 0.0180. The molecule has 0 aromatic heterocycles. The van der Waals surface area contributed by atoms with E-state index in [4.69, 9.17) is 4.74 Å². The molecule has 2 amide bonds. The van der Waals surface area contributed by atoms with E-state index in [1.165, 1.54) is 18.4 Å². The zero-order chi connectivity index (χ0) is 18.6. The van der Waals surface area contributed by atoms with Gasteiger partial charge in [-0.05, 0) is 61.7 Å². The quantitative estimate of drug-likeness (QED) is 0.897. The van der Waals surface area contributed by atoms with Crippen LogP contribution in [-0.2, 0) is 0 Å². The standard InChI is InChI=1S/C22H27N3O2/c1-27-21-9-7-19(8-10-21)23-22(26)25-15-20(16-25)24-13-11-18(12-14-24)17-5-3-2-4-6-17/h2-10,18,20H,11-16H2,1H3,(H,23,26). The number of benzene rings is 2. The van der Waals surface area contributed by atoms with Gasteiger partial charge in [-0.1, -0.05) is 30.3 Å². The number of carbonyl (C=O) groups is 1. The van der Waals surface area contributed by atoms with Crippen molar-refractivity contribution in [2.24, 2.45) is 0 Å². The van der Waals surface area contributed by atoms with Gasteiger partial charge in [-0.25, -0.2) is 4.79 Å². The molecule has 0 radical (unpaired) electrons. The smallest absolute Gasteiger partial charge is 0.321 e. The maximum absolute atomic E-state index is 12.4. The van der Waals surface area contributed by atoms with Crippen LogP contribution in [0.3, 0.4) is 0 Å². The molecular weight excluding hydrogens is 338 g/mol. The second-order valence-corrected chi connectivity index (χ2v) is 7.44. The van der Waals surface area contributed by atoms with Crippen molar-refractivity contribution in [1.29, 1.82) is 0 Å². The highest BCUT2D eigenvalue weighted by Gasteiger charge is 2.36. The van der Waals surface area contributed by atoms with E-state index in [2.05, 4.69) is 40.5 Å². The fourth-order valence-electron chi connectivity index (χ4n) is 4.05. The molecule has 2 aromatic carbocycles. The Bertz CT molecular complexity index is 749. The Balaban J connectivity index is 1.22. The predicted octanol–water partition coefficient (Wildman–Crippen LogP) is 3.79. The van der Waals surface area contributed by atoms with Crippen LogP contribution in [0.25, 0.3) is 0 Å². The van der Waals surface area contributed by atoms with Crippen LogP contribution in [0.1, 0.15) is 24.3 Å². The first-order valence-electron chi connectivity index (χ1n) is 9.72. The maximum atomic E-state index is 12.4. The molecule has 27 heavy (non-hydrogen) atoms. The number of ether oxygens (including phenoxy) is 1. The summed E-state index contributed by atoms with van der Waals surface area (Å²) in [5, 5.41) is 2.96. The topological polar surface area (TPSA) is 44.8 Å². The van der Waals surface area contributed by atoms with Crippen LogP contribution in [0.4, 0.5) is 10.5 Å². The van der Waals surface area contributed by atoms with E-state index in [0.717, 1.165) is 37.6 Å². The number of anilines is 1. The summed E-state index contributed by atoms with van der Waals surface area (Å²) in [6.45, 7) is 3.88. The monoisotopic (exact) mass is 365 g/mol. The number of nitrogens with one attached hydrogen (secondary N) is 1. The molecule has 2 aromatic rings. The van der Waals surface area contributed by atoms with E-state index in [1.807, 2.05) is 29.2 Å². The molecule has 5 heteroatoms. The zero-order valence-corrected chi connectivity index (χ0v) is 15.8. The third-order valence-electron chi connectivity index (χ3n) is 5.81. The highest BCUT2D eigenvalue weighted by Crippen LogP contribution is 2.30. The summed E-state index contributed by atoms with van der Waals surface area (Å²) in [5.74, 6) is 1.47. The minimum atomic E-state index is -0.0180. The Labute approximate surface area is 160 Å². The Morgan fingerprint density at radius 3 is 2.30 bits per heavy atom. The molecule has 0 bridgehead atoms. The van der Waals surface area contributed by atoms with Gasteiger partial charge >= 0.3 is 6.03 Å². The van der Waals surface area contributed by atoms with Crippen molar-refractivity contribution in [3.63, 3.8) is 0 Å². The Kier molecular flexibility index (Phi) is 5.30. The molecule has 2 heterocycles. The highest BCUT2D eigenvalue weighted by molar-refractivity contribution is 5.90. The van der Waals surface area contributed by atoms with Gasteiger partial charge in [0.25, 0.3) is 0 Å². The number of hydrogen-bond acceptors (Lipinski definition) is 3. The first-order chi connectivity index (χ1) is 13.2. The highest BCUT2D eigenvalue weighted by atomic mass is 16.5. The number of hydrogen-bond donors (Lipinski definition) is 1. The summed E-state index contributed by atoms with van der Waals surface area (Å²) < 4.78 is 5.14. The molecule has 0 unspecified atom stereocenters. The summed E-state index contributed by atoms with van der Waals surface area (Å²) in [5.41, 5.74) is 2.26. The van der Waals surface area contributed by atoms with Gasteiger partial charge in [0.1, 0.15) is 5.75 Å². The van der Waals surface area contributed by atoms with Crippen molar-refractivity contribution < 1.29 is 9.53 Å².